The number of halogens is 10. The minimum atomic E-state index is -2.57. The van der Waals surface area contributed by atoms with E-state index in [1.54, 1.807) is 0 Å². The second kappa shape index (κ2) is 16.0. The number of allylic oxidation sites excluding steroid dienone is 5. The molecule has 0 saturated heterocycles. The molecule has 208 valence electrons. The van der Waals surface area contributed by atoms with Crippen molar-refractivity contribution in [1.29, 1.82) is 0 Å². The van der Waals surface area contributed by atoms with Gasteiger partial charge in [-0.1, -0.05) is 36.8 Å². The van der Waals surface area contributed by atoms with E-state index in [1.807, 2.05) is 0 Å². The van der Waals surface area contributed by atoms with Crippen LogP contribution in [0.3, 0.4) is 0 Å². The van der Waals surface area contributed by atoms with Crippen LogP contribution >= 0.6 is 111 Å². The third-order valence-electron chi connectivity index (χ3n) is 7.35. The molecule has 4 rings (SSSR count). The predicted octanol–water partition coefficient (Wildman–Crippen LogP) is 11.9. The van der Waals surface area contributed by atoms with Crippen molar-refractivity contribution in [2.24, 2.45) is 35.5 Å². The largest absolute Gasteiger partial charge is 0.341 e. The first-order valence-electron chi connectivity index (χ1n) is 12.4. The molecular formula is C22H34Cl10Si4. The number of hydrogen-bond donors (Lipinski definition) is 0. The topological polar surface area (TPSA) is 0 Å². The summed E-state index contributed by atoms with van der Waals surface area (Å²) in [6.45, 7) is 1.62. The van der Waals surface area contributed by atoms with Crippen molar-refractivity contribution >= 4 is 137 Å². The van der Waals surface area contributed by atoms with Gasteiger partial charge in [-0.05, 0) is 91.4 Å². The average molecular weight is 765 g/mol. The maximum Gasteiger partial charge on any atom is 0.341 e. The van der Waals surface area contributed by atoms with E-state index in [0.29, 0.717) is 18.1 Å². The van der Waals surface area contributed by atoms with Crippen molar-refractivity contribution in [1.82, 2.24) is 0 Å². The van der Waals surface area contributed by atoms with Gasteiger partial charge in [-0.25, -0.2) is 0 Å². The molecule has 0 nitrogen and oxygen atoms in total. The third kappa shape index (κ3) is 14.2. The standard InChI is InChI=1S/C11H17Cl5Si2.C9H12.C2H5Cl5Si2/c12-17(13,5-6-18(14,15)16)4-3-11-8-9-1-2-10(11)7-9;1-2-8-5-7-3-4-9(8)6-7;3-8(4)1-2-9(5,6)7/h1-2,9-11H,3-8H2;2-4,7-9H,1,5-6H2;8H,1-2H2. The van der Waals surface area contributed by atoms with Gasteiger partial charge in [0.25, 0.3) is 6.69 Å². The fourth-order valence-electron chi connectivity index (χ4n) is 5.44. The summed E-state index contributed by atoms with van der Waals surface area (Å²) in [5.41, 5.74) is 0. The number of rotatable bonds is 10. The van der Waals surface area contributed by atoms with Crippen molar-refractivity contribution in [3.8, 4) is 0 Å². The van der Waals surface area contributed by atoms with E-state index in [2.05, 4.69) is 37.0 Å². The molecule has 0 N–H and O–H groups in total. The molecule has 0 aromatic heterocycles. The Morgan fingerprint density at radius 2 is 1.25 bits per heavy atom. The zero-order valence-electron chi connectivity index (χ0n) is 20.0. The Hall–Kier alpha value is 2.99. The molecule has 0 aromatic rings. The van der Waals surface area contributed by atoms with Gasteiger partial charge >= 0.3 is 12.0 Å². The van der Waals surface area contributed by atoms with Crippen LogP contribution in [0.25, 0.3) is 0 Å². The van der Waals surface area contributed by atoms with Crippen LogP contribution < -0.4 is 0 Å². The molecule has 2 saturated carbocycles. The van der Waals surface area contributed by atoms with E-state index >= 15 is 0 Å². The molecule has 2 fully saturated rings. The van der Waals surface area contributed by atoms with Crippen molar-refractivity contribution in [2.45, 2.75) is 62.3 Å². The fraction of sp³-hybridized carbons (Fsp3) is 0.727. The minimum Gasteiger partial charge on any atom is -0.150 e. The molecular weight excluding hydrogens is 731 g/mol. The highest BCUT2D eigenvalue weighted by Crippen LogP contribution is 2.47. The molecule has 0 amide bonds. The lowest BCUT2D eigenvalue weighted by Crippen LogP contribution is -2.24. The van der Waals surface area contributed by atoms with Crippen LogP contribution in [0.15, 0.2) is 37.0 Å². The SMILES string of the molecule is C=CC1CC2C=CC1C2.Cl[SiH](Cl)CC[Si](Cl)(Cl)Cl.Cl[Si](Cl)(Cl)CC[Si](Cl)(Cl)CCC1CC2C=CC1C2. The third-order valence-corrected chi connectivity index (χ3v) is 19.8. The van der Waals surface area contributed by atoms with Crippen LogP contribution in [-0.2, 0) is 0 Å². The van der Waals surface area contributed by atoms with Gasteiger partial charge in [0, 0.05) is 0 Å². The maximum absolute atomic E-state index is 6.46. The summed E-state index contributed by atoms with van der Waals surface area (Å²) in [7, 11) is -1.54. The van der Waals surface area contributed by atoms with Crippen molar-refractivity contribution in [2.75, 3.05) is 0 Å². The van der Waals surface area contributed by atoms with Crippen LogP contribution in [-0.4, -0.2) is 26.1 Å². The summed E-state index contributed by atoms with van der Waals surface area (Å²) < 4.78 is 0. The molecule has 0 aromatic carbocycles. The molecule has 0 radical (unpaired) electrons. The first-order chi connectivity index (χ1) is 16.6. The average Bonchev–Trinajstić information content (AvgIpc) is 3.57. The summed E-state index contributed by atoms with van der Waals surface area (Å²) in [5, 5.41) is 0. The van der Waals surface area contributed by atoms with E-state index in [9.17, 15) is 0 Å². The van der Waals surface area contributed by atoms with E-state index in [1.165, 1.54) is 25.7 Å². The fourth-order valence-corrected chi connectivity index (χ4v) is 21.1. The molecule has 0 aliphatic heterocycles. The second-order valence-corrected chi connectivity index (χ2v) is 41.7. The molecule has 0 heterocycles. The summed E-state index contributed by atoms with van der Waals surface area (Å²) in [6.07, 6.45) is 18.1. The molecule has 4 bridgehead atoms. The predicted molar refractivity (Wildman–Crippen MR) is 179 cm³/mol. The smallest absolute Gasteiger partial charge is 0.150 e. The van der Waals surface area contributed by atoms with Crippen LogP contribution in [0, 0.1) is 35.5 Å². The van der Waals surface area contributed by atoms with Gasteiger partial charge in [-0.15, -0.1) is 95.2 Å². The van der Waals surface area contributed by atoms with Crippen LogP contribution in [0.1, 0.15) is 32.1 Å². The Labute approximate surface area is 269 Å². The molecule has 4 aliphatic carbocycles. The molecule has 36 heavy (non-hydrogen) atoms. The van der Waals surface area contributed by atoms with Gasteiger partial charge in [-0.2, -0.15) is 22.2 Å². The van der Waals surface area contributed by atoms with E-state index in [4.69, 9.17) is 111 Å². The Bertz CT molecular complexity index is 750. The van der Waals surface area contributed by atoms with Crippen molar-refractivity contribution in [3.63, 3.8) is 0 Å². The monoisotopic (exact) mass is 760 g/mol. The van der Waals surface area contributed by atoms with Gasteiger partial charge in [-0.3, -0.25) is 0 Å². The van der Waals surface area contributed by atoms with Crippen molar-refractivity contribution < 1.29 is 0 Å². The molecule has 4 aliphatic rings. The van der Waals surface area contributed by atoms with Gasteiger partial charge in [0.2, 0.25) is 7.42 Å². The highest BCUT2D eigenvalue weighted by Gasteiger charge is 2.39. The lowest BCUT2D eigenvalue weighted by Gasteiger charge is -2.23. The van der Waals surface area contributed by atoms with Gasteiger partial charge in [0.15, 0.2) is 0 Å². The van der Waals surface area contributed by atoms with Crippen molar-refractivity contribution in [3.05, 3.63) is 37.0 Å². The van der Waals surface area contributed by atoms with Gasteiger partial charge in [0.1, 0.15) is 0 Å². The number of hydrogen-bond acceptors (Lipinski definition) is 0. The lowest BCUT2D eigenvalue weighted by atomic mass is 9.91. The molecule has 6 unspecified atom stereocenters. The Balaban J connectivity index is 0.000000212. The Morgan fingerprint density at radius 3 is 1.58 bits per heavy atom. The minimum absolute atomic E-state index is 0.585. The van der Waals surface area contributed by atoms with E-state index < -0.39 is 26.1 Å². The zero-order chi connectivity index (χ0) is 27.1. The first-order valence-corrected chi connectivity index (χ1v) is 31.6. The lowest BCUT2D eigenvalue weighted by molar-refractivity contribution is 0.433. The van der Waals surface area contributed by atoms with Gasteiger partial charge < -0.3 is 0 Å². The highest BCUT2D eigenvalue weighted by atomic mass is 35.8. The first kappa shape index (κ1) is 35.2. The summed E-state index contributed by atoms with van der Waals surface area (Å²) in [4.78, 5) is 0. The number of fused-ring (bicyclic) bond motifs is 4. The van der Waals surface area contributed by atoms with E-state index in [0.717, 1.165) is 54.0 Å². The zero-order valence-corrected chi connectivity index (χ0v) is 31.7. The molecule has 6 atom stereocenters. The molecule has 14 heteroatoms. The second-order valence-electron chi connectivity index (χ2n) is 10.3. The van der Waals surface area contributed by atoms with E-state index in [-0.39, 0.29) is 0 Å². The van der Waals surface area contributed by atoms with Crippen LogP contribution in [0.4, 0.5) is 0 Å². The normalized spacial score (nSPS) is 30.3. The Morgan fingerprint density at radius 1 is 0.694 bits per heavy atom. The van der Waals surface area contributed by atoms with Gasteiger partial charge in [0.05, 0.1) is 0 Å². The summed E-state index contributed by atoms with van der Waals surface area (Å²) in [5.74, 6) is 4.94. The Kier molecular flexibility index (Phi) is 15.6. The molecule has 0 spiro atoms. The quantitative estimate of drug-likeness (QED) is 0.118. The van der Waals surface area contributed by atoms with Crippen LogP contribution in [0.5, 0.6) is 0 Å². The van der Waals surface area contributed by atoms with Crippen LogP contribution in [0.2, 0.25) is 30.2 Å². The highest BCUT2D eigenvalue weighted by molar-refractivity contribution is 7.65. The summed E-state index contributed by atoms with van der Waals surface area (Å²) >= 11 is 58.3. The summed E-state index contributed by atoms with van der Waals surface area (Å²) in [6, 6.07) is -1.48. The maximum atomic E-state index is 6.46.